The van der Waals surface area contributed by atoms with Gasteiger partial charge in [0.15, 0.2) is 0 Å². The van der Waals surface area contributed by atoms with Crippen LogP contribution in [-0.2, 0) is 35.9 Å². The first kappa shape index (κ1) is 16.4. The summed E-state index contributed by atoms with van der Waals surface area (Å²) in [7, 11) is 0. The zero-order valence-electron chi connectivity index (χ0n) is 11.7. The van der Waals surface area contributed by atoms with Crippen LogP contribution in [0.2, 0.25) is 29.4 Å². The summed E-state index contributed by atoms with van der Waals surface area (Å²) in [5.74, 6) is 0. The number of hydrogen-bond acceptors (Lipinski definition) is 1. The van der Waals surface area contributed by atoms with Crippen molar-refractivity contribution in [2.24, 2.45) is 0 Å². The van der Waals surface area contributed by atoms with Gasteiger partial charge in [-0.1, -0.05) is 0 Å². The molecule has 0 fully saturated rings. The van der Waals surface area contributed by atoms with Crippen molar-refractivity contribution in [2.75, 3.05) is 0 Å². The van der Waals surface area contributed by atoms with Gasteiger partial charge in [0.2, 0.25) is 0 Å². The molecule has 0 unspecified atom stereocenters. The molecule has 0 saturated carbocycles. The van der Waals surface area contributed by atoms with E-state index in [0.29, 0.717) is 0 Å². The van der Waals surface area contributed by atoms with E-state index in [2.05, 4.69) is 38.2 Å². The van der Waals surface area contributed by atoms with Crippen molar-refractivity contribution >= 4 is 0 Å². The fraction of sp³-hybridized carbons (Fsp3) is 1.00. The SMILES string of the molecule is CC[CH2][Ti]([CH3])([CH2]CC)[O][Ti]([CH3])([CH2]C)[CH2]C. The maximum atomic E-state index is 6.78. The van der Waals surface area contributed by atoms with Crippen LogP contribution in [0, 0.1) is 0 Å². The quantitative estimate of drug-likeness (QED) is 0.515. The Morgan fingerprint density at radius 1 is 0.733 bits per heavy atom. The van der Waals surface area contributed by atoms with Crippen LogP contribution in [-0.4, -0.2) is 0 Å². The Bertz CT molecular complexity index is 161. The topological polar surface area (TPSA) is 9.23 Å². The predicted octanol–water partition coefficient (Wildman–Crippen LogP) is 5.77. The molecule has 0 bridgehead atoms. The second-order valence-corrected chi connectivity index (χ2v) is 19.7. The van der Waals surface area contributed by atoms with Crippen LogP contribution >= 0.6 is 0 Å². The van der Waals surface area contributed by atoms with E-state index in [4.69, 9.17) is 1.90 Å². The van der Waals surface area contributed by atoms with E-state index in [-0.39, 0.29) is 0 Å². The van der Waals surface area contributed by atoms with Gasteiger partial charge in [0.05, 0.1) is 0 Å². The van der Waals surface area contributed by atoms with Gasteiger partial charge in [0, 0.05) is 0 Å². The molecular formula is C12H30OTi2. The van der Waals surface area contributed by atoms with Crippen LogP contribution in [0.4, 0.5) is 0 Å². The Morgan fingerprint density at radius 3 is 1.40 bits per heavy atom. The Hall–Kier alpha value is 1.39. The van der Waals surface area contributed by atoms with Crippen LogP contribution in [0.25, 0.3) is 0 Å². The predicted molar refractivity (Wildman–Crippen MR) is 64.0 cm³/mol. The summed E-state index contributed by atoms with van der Waals surface area (Å²) in [6.07, 6.45) is 2.64. The van der Waals surface area contributed by atoms with Crippen molar-refractivity contribution in [3.05, 3.63) is 0 Å². The first-order valence-electron chi connectivity index (χ1n) is 6.65. The zero-order chi connectivity index (χ0) is 11.9. The molecule has 0 aliphatic heterocycles. The fourth-order valence-corrected chi connectivity index (χ4v) is 20.2. The third-order valence-electron chi connectivity index (χ3n) is 3.55. The normalized spacial score (nSPS) is 13.2. The van der Waals surface area contributed by atoms with Crippen molar-refractivity contribution in [3.63, 3.8) is 0 Å². The molecule has 1 nitrogen and oxygen atoms in total. The van der Waals surface area contributed by atoms with Crippen molar-refractivity contribution in [3.8, 4) is 0 Å². The fourth-order valence-electron chi connectivity index (χ4n) is 2.27. The summed E-state index contributed by atoms with van der Waals surface area (Å²) < 4.78 is 12.3. The van der Waals surface area contributed by atoms with Crippen molar-refractivity contribution in [2.45, 2.75) is 69.9 Å². The molecule has 0 saturated heterocycles. The van der Waals surface area contributed by atoms with E-state index >= 15 is 0 Å². The van der Waals surface area contributed by atoms with E-state index in [1.165, 1.54) is 31.7 Å². The number of hydrogen-bond donors (Lipinski definition) is 0. The summed E-state index contributed by atoms with van der Waals surface area (Å²) in [4.78, 5) is 0. The molecule has 3 heteroatoms. The van der Waals surface area contributed by atoms with Gasteiger partial charge in [-0.3, -0.25) is 0 Å². The van der Waals surface area contributed by atoms with Crippen molar-refractivity contribution < 1.29 is 35.9 Å². The van der Waals surface area contributed by atoms with E-state index < -0.39 is 34.0 Å². The van der Waals surface area contributed by atoms with Crippen LogP contribution in [0.5, 0.6) is 0 Å². The maximum absolute atomic E-state index is 6.78. The third kappa shape index (κ3) is 6.03. The number of rotatable bonds is 8. The Morgan fingerprint density at radius 2 is 1.13 bits per heavy atom. The molecule has 0 spiro atoms. The Labute approximate surface area is 105 Å². The summed E-state index contributed by atoms with van der Waals surface area (Å²) in [6.45, 7) is 9.30. The first-order chi connectivity index (χ1) is 6.95. The van der Waals surface area contributed by atoms with Gasteiger partial charge < -0.3 is 0 Å². The average Bonchev–Trinajstić information content (AvgIpc) is 2.18. The van der Waals surface area contributed by atoms with Gasteiger partial charge in [-0.05, 0) is 0 Å². The molecule has 0 aliphatic rings. The van der Waals surface area contributed by atoms with Crippen LogP contribution < -0.4 is 0 Å². The summed E-state index contributed by atoms with van der Waals surface area (Å²) in [5.41, 5.74) is 0. The molecule has 0 aromatic rings. The molecular weight excluding hydrogens is 256 g/mol. The van der Waals surface area contributed by atoms with Crippen molar-refractivity contribution in [1.29, 1.82) is 0 Å². The Kier molecular flexibility index (Phi) is 8.37. The third-order valence-corrected chi connectivity index (χ3v) is 21.0. The summed E-state index contributed by atoms with van der Waals surface area (Å²) >= 11 is -3.71. The summed E-state index contributed by atoms with van der Waals surface area (Å²) in [6, 6.07) is 0. The zero-order valence-corrected chi connectivity index (χ0v) is 14.8. The molecule has 0 heterocycles. The molecule has 92 valence electrons. The molecule has 0 aromatic heterocycles. The van der Waals surface area contributed by atoms with Gasteiger partial charge in [0.25, 0.3) is 0 Å². The molecule has 0 aromatic carbocycles. The monoisotopic (exact) mass is 286 g/mol. The Balaban J connectivity index is 4.50. The van der Waals surface area contributed by atoms with Gasteiger partial charge in [-0.2, -0.15) is 0 Å². The van der Waals surface area contributed by atoms with E-state index in [0.717, 1.165) is 0 Å². The molecule has 0 radical (unpaired) electrons. The van der Waals surface area contributed by atoms with E-state index in [9.17, 15) is 0 Å². The molecule has 0 amide bonds. The minimum atomic E-state index is -1.87. The van der Waals surface area contributed by atoms with E-state index in [1.54, 1.807) is 0 Å². The van der Waals surface area contributed by atoms with Gasteiger partial charge in [-0.25, -0.2) is 0 Å². The van der Waals surface area contributed by atoms with E-state index in [1.807, 2.05) is 0 Å². The molecule has 0 atom stereocenters. The minimum absolute atomic E-state index is 1.32. The second kappa shape index (κ2) is 7.66. The molecule has 0 N–H and O–H groups in total. The standard InChI is InChI=1S/2C3H7.2C2H5.2CH3.O.2Ti/c2*1-3-2;2*1-2;;;;;/h2*1,3H2,2H3;2*1H2,2H3;2*1H3;;;. The average molecular weight is 286 g/mol. The molecule has 0 aliphatic carbocycles. The van der Waals surface area contributed by atoms with Gasteiger partial charge in [0.1, 0.15) is 0 Å². The van der Waals surface area contributed by atoms with Crippen LogP contribution in [0.1, 0.15) is 40.5 Å². The molecule has 15 heavy (non-hydrogen) atoms. The van der Waals surface area contributed by atoms with Crippen LogP contribution in [0.15, 0.2) is 0 Å². The van der Waals surface area contributed by atoms with Crippen LogP contribution in [0.3, 0.4) is 0 Å². The second-order valence-electron chi connectivity index (χ2n) is 5.21. The van der Waals surface area contributed by atoms with Gasteiger partial charge in [-0.15, -0.1) is 0 Å². The first-order valence-corrected chi connectivity index (χ1v) is 15.5. The molecule has 0 rings (SSSR count). The van der Waals surface area contributed by atoms with Gasteiger partial charge >= 0.3 is 106 Å². The summed E-state index contributed by atoms with van der Waals surface area (Å²) in [5, 5.41) is 5.00. The van der Waals surface area contributed by atoms with Crippen molar-refractivity contribution in [1.82, 2.24) is 0 Å².